The molecular weight excluding hydrogens is 444 g/mol. The molecular formula is C17H23F2N3O6S2. The quantitative estimate of drug-likeness (QED) is 0.544. The van der Waals surface area contributed by atoms with E-state index < -0.39 is 59.2 Å². The van der Waals surface area contributed by atoms with Crippen LogP contribution in [0.4, 0.5) is 8.78 Å². The first-order valence-corrected chi connectivity index (χ1v) is 12.3. The third-order valence-electron chi connectivity index (χ3n) is 4.73. The minimum Gasteiger partial charge on any atom is -0.358 e. The Morgan fingerprint density at radius 1 is 1.10 bits per heavy atom. The van der Waals surface area contributed by atoms with E-state index in [0.29, 0.717) is 0 Å². The summed E-state index contributed by atoms with van der Waals surface area (Å²) in [6.07, 6.45) is 0.0689. The van der Waals surface area contributed by atoms with E-state index in [1.54, 1.807) is 0 Å². The van der Waals surface area contributed by atoms with E-state index in [1.807, 2.05) is 4.72 Å². The highest BCUT2D eigenvalue weighted by molar-refractivity contribution is 7.92. The summed E-state index contributed by atoms with van der Waals surface area (Å²) in [7, 11) is -6.77. The number of sulfone groups is 1. The van der Waals surface area contributed by atoms with E-state index >= 15 is 0 Å². The van der Waals surface area contributed by atoms with E-state index in [9.17, 15) is 35.2 Å². The molecule has 0 bridgehead atoms. The molecule has 0 aromatic heterocycles. The number of piperidine rings is 1. The second-order valence-corrected chi connectivity index (χ2v) is 10.7. The number of carbonyl (C=O) groups is 2. The van der Waals surface area contributed by atoms with Gasteiger partial charge in [-0.1, -0.05) is 6.07 Å². The van der Waals surface area contributed by atoms with Crippen LogP contribution in [0, 0.1) is 11.6 Å². The Labute approximate surface area is 173 Å². The molecule has 2 N–H and O–H groups in total. The summed E-state index contributed by atoms with van der Waals surface area (Å²) in [6.45, 7) is -0.0832. The molecule has 1 heterocycles. The van der Waals surface area contributed by atoms with Crippen molar-refractivity contribution in [3.8, 4) is 0 Å². The highest BCUT2D eigenvalue weighted by atomic mass is 32.2. The fourth-order valence-corrected chi connectivity index (χ4v) is 5.94. The Hall–Kier alpha value is -2.12. The van der Waals surface area contributed by atoms with Gasteiger partial charge in [0.05, 0.1) is 5.25 Å². The third kappa shape index (κ3) is 5.95. The predicted octanol–water partition coefficient (Wildman–Crippen LogP) is -0.215. The van der Waals surface area contributed by atoms with Crippen molar-refractivity contribution in [3.05, 3.63) is 29.8 Å². The Balaban J connectivity index is 1.86. The molecule has 1 aliphatic rings. The van der Waals surface area contributed by atoms with Crippen LogP contribution in [0.2, 0.25) is 0 Å². The lowest BCUT2D eigenvalue weighted by Crippen LogP contribution is -2.45. The van der Waals surface area contributed by atoms with Crippen LogP contribution in [0.3, 0.4) is 0 Å². The topological polar surface area (TPSA) is 130 Å². The van der Waals surface area contributed by atoms with Crippen molar-refractivity contribution in [2.24, 2.45) is 0 Å². The number of benzene rings is 1. The van der Waals surface area contributed by atoms with Gasteiger partial charge in [0, 0.05) is 33.1 Å². The van der Waals surface area contributed by atoms with E-state index in [0.717, 1.165) is 18.2 Å². The third-order valence-corrected chi connectivity index (χ3v) is 8.40. The Kier molecular flexibility index (Phi) is 7.88. The fraction of sp³-hybridized carbons (Fsp3) is 0.529. The maximum atomic E-state index is 13.6. The highest BCUT2D eigenvalue weighted by Crippen LogP contribution is 2.20. The molecule has 0 aliphatic carbocycles. The van der Waals surface area contributed by atoms with Crippen LogP contribution < -0.4 is 10.0 Å². The van der Waals surface area contributed by atoms with Gasteiger partial charge in [0.2, 0.25) is 21.8 Å². The van der Waals surface area contributed by atoms with Crippen LogP contribution in [0.1, 0.15) is 19.3 Å². The predicted molar refractivity (Wildman–Crippen MR) is 104 cm³/mol. The summed E-state index contributed by atoms with van der Waals surface area (Å²) < 4.78 is 77.9. The normalized spacial score (nSPS) is 15.8. The zero-order chi connectivity index (χ0) is 22.5. The molecule has 168 valence electrons. The largest absolute Gasteiger partial charge is 0.358 e. The van der Waals surface area contributed by atoms with Gasteiger partial charge in [0.15, 0.2) is 14.7 Å². The van der Waals surface area contributed by atoms with Crippen molar-refractivity contribution in [3.63, 3.8) is 0 Å². The SMILES string of the molecule is CNC(=O)CS(=O)(=O)C1CCN(C(=O)CCNS(=O)(=O)c2c(F)cccc2F)CC1. The molecule has 1 fully saturated rings. The number of rotatable bonds is 8. The summed E-state index contributed by atoms with van der Waals surface area (Å²) in [4.78, 5) is 23.9. The first kappa shape index (κ1) is 24.2. The number of halogens is 2. The van der Waals surface area contributed by atoms with Crippen LogP contribution in [-0.4, -0.2) is 71.2 Å². The number of nitrogens with one attached hydrogen (secondary N) is 2. The van der Waals surface area contributed by atoms with Gasteiger partial charge in [0.1, 0.15) is 17.4 Å². The van der Waals surface area contributed by atoms with Crippen LogP contribution >= 0.6 is 0 Å². The minimum atomic E-state index is -4.48. The number of carbonyl (C=O) groups excluding carboxylic acids is 2. The first-order chi connectivity index (χ1) is 14.0. The molecule has 1 saturated heterocycles. The van der Waals surface area contributed by atoms with Crippen LogP contribution in [-0.2, 0) is 29.4 Å². The monoisotopic (exact) mass is 467 g/mol. The molecule has 1 aromatic carbocycles. The van der Waals surface area contributed by atoms with Gasteiger partial charge >= 0.3 is 0 Å². The smallest absolute Gasteiger partial charge is 0.246 e. The summed E-state index contributed by atoms with van der Waals surface area (Å²) in [5, 5.41) is 1.52. The summed E-state index contributed by atoms with van der Waals surface area (Å²) in [5.74, 6) is -4.13. The molecule has 0 radical (unpaired) electrons. The van der Waals surface area contributed by atoms with Gasteiger partial charge in [0.25, 0.3) is 0 Å². The van der Waals surface area contributed by atoms with Gasteiger partial charge in [-0.05, 0) is 25.0 Å². The number of nitrogens with zero attached hydrogens (tertiary/aromatic N) is 1. The number of hydrogen-bond donors (Lipinski definition) is 2. The highest BCUT2D eigenvalue weighted by Gasteiger charge is 2.33. The number of sulfonamides is 1. The molecule has 30 heavy (non-hydrogen) atoms. The van der Waals surface area contributed by atoms with Crippen LogP contribution in [0.25, 0.3) is 0 Å². The molecule has 1 aliphatic heterocycles. The molecule has 0 atom stereocenters. The molecule has 2 amide bonds. The van der Waals surface area contributed by atoms with Gasteiger partial charge in [-0.15, -0.1) is 0 Å². The van der Waals surface area contributed by atoms with Crippen molar-refractivity contribution in [1.82, 2.24) is 14.9 Å². The zero-order valence-electron chi connectivity index (χ0n) is 16.2. The lowest BCUT2D eigenvalue weighted by molar-refractivity contribution is -0.131. The van der Waals surface area contributed by atoms with E-state index in [1.165, 1.54) is 11.9 Å². The van der Waals surface area contributed by atoms with Crippen LogP contribution in [0.5, 0.6) is 0 Å². The summed E-state index contributed by atoms with van der Waals surface area (Å²) >= 11 is 0. The van der Waals surface area contributed by atoms with E-state index in [-0.39, 0.29) is 38.9 Å². The Bertz CT molecular complexity index is 986. The van der Waals surface area contributed by atoms with Crippen LogP contribution in [0.15, 0.2) is 23.1 Å². The van der Waals surface area contributed by atoms with Crippen molar-refractivity contribution in [2.45, 2.75) is 29.4 Å². The summed E-state index contributed by atoms with van der Waals surface area (Å²) in [6, 6.07) is 2.65. The maximum Gasteiger partial charge on any atom is 0.246 e. The number of amides is 2. The number of hydrogen-bond acceptors (Lipinski definition) is 6. The molecule has 2 rings (SSSR count). The lowest BCUT2D eigenvalue weighted by Gasteiger charge is -2.31. The molecule has 0 saturated carbocycles. The van der Waals surface area contributed by atoms with Gasteiger partial charge < -0.3 is 10.2 Å². The first-order valence-electron chi connectivity index (χ1n) is 9.11. The second-order valence-electron chi connectivity index (χ2n) is 6.76. The Morgan fingerprint density at radius 2 is 1.67 bits per heavy atom. The number of likely N-dealkylation sites (tertiary alicyclic amines) is 1. The lowest BCUT2D eigenvalue weighted by atomic mass is 10.1. The van der Waals surface area contributed by atoms with Gasteiger partial charge in [-0.2, -0.15) is 0 Å². The molecule has 0 spiro atoms. The molecule has 1 aromatic rings. The van der Waals surface area contributed by atoms with E-state index in [2.05, 4.69) is 5.32 Å². The maximum absolute atomic E-state index is 13.6. The van der Waals surface area contributed by atoms with Crippen molar-refractivity contribution >= 4 is 31.7 Å². The van der Waals surface area contributed by atoms with Crippen molar-refractivity contribution < 1.29 is 35.2 Å². The van der Waals surface area contributed by atoms with Crippen molar-refractivity contribution in [1.29, 1.82) is 0 Å². The average molecular weight is 468 g/mol. The molecule has 9 nitrogen and oxygen atoms in total. The standard InChI is InChI=1S/C17H23F2N3O6S2/c1-20-15(23)11-29(25,26)12-6-9-22(10-7-12)16(24)5-8-21-30(27,28)17-13(18)3-2-4-14(17)19/h2-4,12,21H,5-11H2,1H3,(H,20,23). The average Bonchev–Trinajstić information content (AvgIpc) is 2.67. The zero-order valence-corrected chi connectivity index (χ0v) is 17.9. The van der Waals surface area contributed by atoms with E-state index in [4.69, 9.17) is 0 Å². The van der Waals surface area contributed by atoms with Gasteiger partial charge in [-0.3, -0.25) is 9.59 Å². The fourth-order valence-electron chi connectivity index (χ4n) is 3.10. The van der Waals surface area contributed by atoms with Crippen molar-refractivity contribution in [2.75, 3.05) is 32.4 Å². The molecule has 13 heteroatoms. The molecule has 0 unspecified atom stereocenters. The Morgan fingerprint density at radius 3 is 2.20 bits per heavy atom. The summed E-state index contributed by atoms with van der Waals surface area (Å²) in [5.41, 5.74) is 0. The minimum absolute atomic E-state index is 0.144. The van der Waals surface area contributed by atoms with Gasteiger partial charge in [-0.25, -0.2) is 30.3 Å². The second kappa shape index (κ2) is 9.79.